The molecule has 108 valence electrons. The van der Waals surface area contributed by atoms with E-state index in [2.05, 4.69) is 20.3 Å². The topological polar surface area (TPSA) is 78.0 Å². The zero-order valence-corrected chi connectivity index (χ0v) is 10.3. The van der Waals surface area contributed by atoms with Crippen LogP contribution in [-0.2, 0) is 6.54 Å². The normalized spacial score (nSPS) is 12.0. The van der Waals surface area contributed by atoms with Crippen molar-refractivity contribution in [2.45, 2.75) is 12.7 Å². The van der Waals surface area contributed by atoms with E-state index < -0.39 is 17.7 Å². The lowest BCUT2D eigenvalue weighted by molar-refractivity contribution is -0.0888. The fourth-order valence-electron chi connectivity index (χ4n) is 1.75. The second-order valence-corrected chi connectivity index (χ2v) is 4.19. The average molecular weight is 296 g/mol. The Morgan fingerprint density at radius 2 is 2.10 bits per heavy atom. The van der Waals surface area contributed by atoms with Crippen molar-refractivity contribution < 1.29 is 18.0 Å². The van der Waals surface area contributed by atoms with E-state index in [0.717, 1.165) is 10.9 Å². The third-order valence-corrected chi connectivity index (χ3v) is 2.64. The van der Waals surface area contributed by atoms with Crippen LogP contribution in [0.5, 0.6) is 0 Å². The van der Waals surface area contributed by atoms with Gasteiger partial charge in [-0.25, -0.2) is 14.6 Å². The van der Waals surface area contributed by atoms with Gasteiger partial charge < -0.3 is 0 Å². The van der Waals surface area contributed by atoms with Crippen molar-refractivity contribution >= 4 is 11.6 Å². The molecule has 0 aromatic carbocycles. The van der Waals surface area contributed by atoms with Crippen LogP contribution >= 0.6 is 0 Å². The number of nitrogens with zero attached hydrogens (tertiary/aromatic N) is 6. The minimum atomic E-state index is -4.96. The minimum Gasteiger partial charge on any atom is -0.291 e. The number of halogens is 3. The monoisotopic (exact) mass is 296 g/mol. The van der Waals surface area contributed by atoms with Gasteiger partial charge >= 0.3 is 6.18 Å². The summed E-state index contributed by atoms with van der Waals surface area (Å²) in [6.07, 6.45) is 0.941. The largest absolute Gasteiger partial charge is 0.456 e. The molecular weight excluding hydrogens is 289 g/mol. The fourth-order valence-corrected chi connectivity index (χ4v) is 1.75. The predicted octanol–water partition coefficient (Wildman–Crippen LogP) is 1.11. The number of aromatic nitrogens is 6. The summed E-state index contributed by atoms with van der Waals surface area (Å²) in [7, 11) is 0. The molecule has 3 heterocycles. The number of fused-ring (bicyclic) bond motifs is 1. The van der Waals surface area contributed by atoms with E-state index in [0.29, 0.717) is 11.5 Å². The fraction of sp³-hybridized carbons (Fsp3) is 0.182. The molecule has 0 amide bonds. The van der Waals surface area contributed by atoms with Crippen LogP contribution in [-0.4, -0.2) is 41.3 Å². The number of imidazole rings is 1. The van der Waals surface area contributed by atoms with E-state index >= 15 is 0 Å². The Morgan fingerprint density at radius 3 is 2.81 bits per heavy atom. The third-order valence-electron chi connectivity index (χ3n) is 2.64. The molecule has 0 aliphatic carbocycles. The highest BCUT2D eigenvalue weighted by Gasteiger charge is 2.41. The summed E-state index contributed by atoms with van der Waals surface area (Å²) < 4.78 is 39.6. The summed E-state index contributed by atoms with van der Waals surface area (Å²) in [5.41, 5.74) is -0.214. The molecule has 0 N–H and O–H groups in total. The van der Waals surface area contributed by atoms with Gasteiger partial charge in [-0.1, -0.05) is 5.21 Å². The lowest BCUT2D eigenvalue weighted by atomic mass is 10.3. The molecule has 3 aromatic rings. The average Bonchev–Trinajstić information content (AvgIpc) is 3.03. The first-order valence-electron chi connectivity index (χ1n) is 5.74. The highest BCUT2D eigenvalue weighted by Crippen LogP contribution is 2.20. The van der Waals surface area contributed by atoms with Gasteiger partial charge in [0.05, 0.1) is 18.4 Å². The first kappa shape index (κ1) is 13.2. The second kappa shape index (κ2) is 4.65. The van der Waals surface area contributed by atoms with Crippen LogP contribution in [0.1, 0.15) is 16.2 Å². The summed E-state index contributed by atoms with van der Waals surface area (Å²) in [4.78, 5) is 19.2. The van der Waals surface area contributed by atoms with Gasteiger partial charge in [-0.2, -0.15) is 13.2 Å². The summed E-state index contributed by atoms with van der Waals surface area (Å²) in [6, 6.07) is 1.72. The van der Waals surface area contributed by atoms with Crippen molar-refractivity contribution in [3.63, 3.8) is 0 Å². The number of carbonyl (C=O) groups is 1. The summed E-state index contributed by atoms with van der Waals surface area (Å²) in [5, 5.41) is 6.72. The first-order chi connectivity index (χ1) is 9.93. The highest BCUT2D eigenvalue weighted by atomic mass is 19.4. The van der Waals surface area contributed by atoms with Crippen LogP contribution < -0.4 is 0 Å². The van der Waals surface area contributed by atoms with Crippen LogP contribution in [0.25, 0.3) is 5.78 Å². The lowest BCUT2D eigenvalue weighted by Crippen LogP contribution is -2.23. The van der Waals surface area contributed by atoms with E-state index in [-0.39, 0.29) is 6.54 Å². The van der Waals surface area contributed by atoms with Crippen molar-refractivity contribution in [3.05, 3.63) is 42.2 Å². The quantitative estimate of drug-likeness (QED) is 0.677. The van der Waals surface area contributed by atoms with Crippen molar-refractivity contribution in [1.82, 2.24) is 29.4 Å². The van der Waals surface area contributed by atoms with Gasteiger partial charge in [-0.05, 0) is 6.07 Å². The Kier molecular flexibility index (Phi) is 2.92. The molecule has 0 aliphatic rings. The van der Waals surface area contributed by atoms with Crippen molar-refractivity contribution in [1.29, 1.82) is 0 Å². The molecule has 0 unspecified atom stereocenters. The Labute approximate surface area is 115 Å². The molecule has 0 aliphatic heterocycles. The smallest absolute Gasteiger partial charge is 0.291 e. The Bertz CT molecular complexity index is 773. The molecule has 0 saturated carbocycles. The Balaban J connectivity index is 1.82. The summed E-state index contributed by atoms with van der Waals surface area (Å²) in [5.74, 6) is -1.57. The number of alkyl halides is 3. The maximum absolute atomic E-state index is 12.3. The van der Waals surface area contributed by atoms with Crippen LogP contribution in [0.15, 0.2) is 30.9 Å². The molecule has 0 bridgehead atoms. The van der Waals surface area contributed by atoms with E-state index in [1.165, 1.54) is 0 Å². The molecule has 0 atom stereocenters. The van der Waals surface area contributed by atoms with Gasteiger partial charge in [0.15, 0.2) is 5.69 Å². The van der Waals surface area contributed by atoms with E-state index in [1.54, 1.807) is 29.1 Å². The van der Waals surface area contributed by atoms with Crippen LogP contribution in [0.4, 0.5) is 13.2 Å². The molecule has 0 radical (unpaired) electrons. The maximum Gasteiger partial charge on any atom is 0.456 e. The van der Waals surface area contributed by atoms with E-state index in [9.17, 15) is 18.0 Å². The molecule has 3 aromatic heterocycles. The maximum atomic E-state index is 12.3. The molecule has 7 nitrogen and oxygen atoms in total. The number of carbonyl (C=O) groups excluding carboxylic acids is 1. The van der Waals surface area contributed by atoms with Crippen molar-refractivity contribution in [2.75, 3.05) is 0 Å². The van der Waals surface area contributed by atoms with Gasteiger partial charge in [0, 0.05) is 18.6 Å². The van der Waals surface area contributed by atoms with Gasteiger partial charge in [0.2, 0.25) is 5.78 Å². The zero-order valence-electron chi connectivity index (χ0n) is 10.3. The predicted molar refractivity (Wildman–Crippen MR) is 62.5 cm³/mol. The Hall–Kier alpha value is -2.78. The van der Waals surface area contributed by atoms with Gasteiger partial charge in [-0.3, -0.25) is 9.20 Å². The highest BCUT2D eigenvalue weighted by molar-refractivity contribution is 5.98. The molecule has 3 rings (SSSR count). The Morgan fingerprint density at radius 1 is 1.29 bits per heavy atom. The van der Waals surface area contributed by atoms with Crippen LogP contribution in [0, 0.1) is 0 Å². The molecule has 0 fully saturated rings. The number of rotatable bonds is 3. The number of Topliss-reactive ketones (excluding diaryl/α,β-unsaturated/α-hetero) is 1. The second-order valence-electron chi connectivity index (χ2n) is 4.19. The van der Waals surface area contributed by atoms with Gasteiger partial charge in [0.25, 0.3) is 5.78 Å². The van der Waals surface area contributed by atoms with Gasteiger partial charge in [-0.15, -0.1) is 5.10 Å². The first-order valence-corrected chi connectivity index (χ1v) is 5.74. The molecule has 0 saturated heterocycles. The SMILES string of the molecule is O=C(c1cn(Cc2cn3cccnc3n2)nn1)C(F)(F)F. The third kappa shape index (κ3) is 2.59. The standard InChI is InChI=1S/C11H7F3N6O/c12-11(13,14)9(21)8-6-20(18-17-8)5-7-4-19-3-1-2-15-10(19)16-7/h1-4,6H,5H2. The number of ketones is 1. The van der Waals surface area contributed by atoms with Crippen LogP contribution in [0.3, 0.4) is 0 Å². The summed E-state index contributed by atoms with van der Waals surface area (Å²) >= 11 is 0. The minimum absolute atomic E-state index is 0.0848. The molecule has 21 heavy (non-hydrogen) atoms. The van der Waals surface area contributed by atoms with Crippen molar-refractivity contribution in [2.24, 2.45) is 0 Å². The number of hydrogen-bond acceptors (Lipinski definition) is 5. The van der Waals surface area contributed by atoms with Crippen LogP contribution in [0.2, 0.25) is 0 Å². The van der Waals surface area contributed by atoms with E-state index in [1.807, 2.05) is 0 Å². The zero-order chi connectivity index (χ0) is 15.0. The molecule has 10 heteroatoms. The van der Waals surface area contributed by atoms with Crippen molar-refractivity contribution in [3.8, 4) is 0 Å². The molecular formula is C11H7F3N6O. The lowest BCUT2D eigenvalue weighted by Gasteiger charge is -1.99. The van der Waals surface area contributed by atoms with E-state index in [4.69, 9.17) is 0 Å². The molecule has 0 spiro atoms. The summed E-state index contributed by atoms with van der Waals surface area (Å²) in [6.45, 7) is 0.0848. The van der Waals surface area contributed by atoms with Gasteiger partial charge in [0.1, 0.15) is 0 Å². The number of hydrogen-bond donors (Lipinski definition) is 0.